The predicted molar refractivity (Wildman–Crippen MR) is 53.8 cm³/mol. The van der Waals surface area contributed by atoms with Crippen LogP contribution in [0.15, 0.2) is 0 Å². The van der Waals surface area contributed by atoms with E-state index in [-0.39, 0.29) is 5.22 Å². The number of hydrogen-bond donors (Lipinski definition) is 0. The lowest BCUT2D eigenvalue weighted by atomic mass is 10.3. The van der Waals surface area contributed by atoms with Crippen molar-refractivity contribution in [2.45, 2.75) is 51.9 Å². The molecule has 0 saturated heterocycles. The van der Waals surface area contributed by atoms with Gasteiger partial charge in [0.15, 0.2) is 0 Å². The first-order valence-corrected chi connectivity index (χ1v) is 7.53. The van der Waals surface area contributed by atoms with Gasteiger partial charge in [-0.15, -0.1) is 0 Å². The van der Waals surface area contributed by atoms with Crippen molar-refractivity contribution in [3.05, 3.63) is 0 Å². The second kappa shape index (κ2) is 4.94. The zero-order valence-electron chi connectivity index (χ0n) is 8.61. The second-order valence-corrected chi connectivity index (χ2v) is 7.66. The van der Waals surface area contributed by atoms with Crippen molar-refractivity contribution in [2.75, 3.05) is 6.61 Å². The Balaban J connectivity index is 3.55. The third-order valence-electron chi connectivity index (χ3n) is 2.36. The Morgan fingerprint density at radius 1 is 1.27 bits per heavy atom. The Hall–Kier alpha value is 0.177. The molecule has 0 rings (SSSR count). The van der Waals surface area contributed by atoms with Crippen LogP contribution in [0.3, 0.4) is 0 Å². The van der Waals surface area contributed by atoms with Crippen LogP contribution in [0, 0.1) is 0 Å². The molecule has 1 nitrogen and oxygen atoms in total. The molecular weight excluding hydrogens is 152 g/mol. The third-order valence-corrected chi connectivity index (χ3v) is 5.31. The molecule has 0 amide bonds. The van der Waals surface area contributed by atoms with E-state index in [4.69, 9.17) is 4.74 Å². The van der Waals surface area contributed by atoms with Crippen LogP contribution in [-0.2, 0) is 4.74 Å². The van der Waals surface area contributed by atoms with E-state index >= 15 is 0 Å². The summed E-state index contributed by atoms with van der Waals surface area (Å²) < 4.78 is 5.79. The van der Waals surface area contributed by atoms with Gasteiger partial charge in [0.25, 0.3) is 0 Å². The van der Waals surface area contributed by atoms with Crippen LogP contribution in [0.1, 0.15) is 33.6 Å². The fourth-order valence-corrected chi connectivity index (χ4v) is 1.10. The molecule has 68 valence electrons. The minimum Gasteiger partial charge on any atom is -0.379 e. The van der Waals surface area contributed by atoms with Gasteiger partial charge in [0.05, 0.1) is 8.80 Å². The molecule has 0 radical (unpaired) electrons. The number of hydrogen-bond acceptors (Lipinski definition) is 1. The van der Waals surface area contributed by atoms with E-state index in [1.54, 1.807) is 0 Å². The molecule has 0 fully saturated rings. The largest absolute Gasteiger partial charge is 0.379 e. The Bertz CT molecular complexity index is 99.7. The average Bonchev–Trinajstić information content (AvgIpc) is 1.88. The molecule has 0 N–H and O–H groups in total. The number of rotatable bonds is 5. The summed E-state index contributed by atoms with van der Waals surface area (Å²) in [6.45, 7) is 12.3. The van der Waals surface area contributed by atoms with Gasteiger partial charge in [0.2, 0.25) is 0 Å². The Kier molecular flexibility index (Phi) is 5.02. The summed E-state index contributed by atoms with van der Waals surface area (Å²) >= 11 is 0. The molecule has 0 aromatic carbocycles. The van der Waals surface area contributed by atoms with Gasteiger partial charge in [-0.2, -0.15) is 0 Å². The van der Waals surface area contributed by atoms with E-state index in [0.29, 0.717) is 0 Å². The maximum Gasteiger partial charge on any atom is 0.0687 e. The third kappa shape index (κ3) is 4.59. The molecule has 0 aromatic rings. The van der Waals surface area contributed by atoms with Crippen LogP contribution in [0.2, 0.25) is 13.1 Å². The smallest absolute Gasteiger partial charge is 0.0687 e. The molecule has 0 unspecified atom stereocenters. The lowest BCUT2D eigenvalue weighted by molar-refractivity contribution is 0.0386. The summed E-state index contributed by atoms with van der Waals surface area (Å²) in [5, 5.41) is 0.190. The Morgan fingerprint density at radius 2 is 1.82 bits per heavy atom. The van der Waals surface area contributed by atoms with E-state index < -0.39 is 8.80 Å². The second-order valence-electron chi connectivity index (χ2n) is 3.96. The highest BCUT2D eigenvalue weighted by Gasteiger charge is 2.23. The molecule has 2 heteroatoms. The van der Waals surface area contributed by atoms with Crippen molar-refractivity contribution in [1.82, 2.24) is 0 Å². The van der Waals surface area contributed by atoms with Crippen LogP contribution < -0.4 is 0 Å². The van der Waals surface area contributed by atoms with Gasteiger partial charge < -0.3 is 4.74 Å². The van der Waals surface area contributed by atoms with Gasteiger partial charge >= 0.3 is 0 Å². The van der Waals surface area contributed by atoms with Gasteiger partial charge in [0, 0.05) is 11.8 Å². The molecule has 0 atom stereocenters. The van der Waals surface area contributed by atoms with Crippen LogP contribution in [0.4, 0.5) is 0 Å². The molecular formula is C9H22OSi. The van der Waals surface area contributed by atoms with Crippen LogP contribution in [0.5, 0.6) is 0 Å². The Morgan fingerprint density at radius 3 is 2.18 bits per heavy atom. The fourth-order valence-electron chi connectivity index (χ4n) is 0.646. The van der Waals surface area contributed by atoms with E-state index in [9.17, 15) is 0 Å². The van der Waals surface area contributed by atoms with Crippen LogP contribution >= 0.6 is 0 Å². The lowest BCUT2D eigenvalue weighted by Crippen LogP contribution is -2.38. The minimum atomic E-state index is -0.644. The monoisotopic (exact) mass is 174 g/mol. The van der Waals surface area contributed by atoms with Crippen molar-refractivity contribution in [3.8, 4) is 0 Å². The van der Waals surface area contributed by atoms with Crippen LogP contribution in [0.25, 0.3) is 0 Å². The quantitative estimate of drug-likeness (QED) is 0.460. The molecule has 0 aliphatic rings. The lowest BCUT2D eigenvalue weighted by Gasteiger charge is -2.28. The highest BCUT2D eigenvalue weighted by atomic mass is 28.3. The zero-order valence-corrected chi connectivity index (χ0v) is 9.76. The summed E-state index contributed by atoms with van der Waals surface area (Å²) in [4.78, 5) is 0. The topological polar surface area (TPSA) is 9.23 Å². The molecule has 0 aliphatic heterocycles. The molecule has 0 spiro atoms. The molecule has 0 aromatic heterocycles. The highest BCUT2D eigenvalue weighted by Crippen LogP contribution is 2.13. The van der Waals surface area contributed by atoms with Gasteiger partial charge in [-0.25, -0.2) is 0 Å². The van der Waals surface area contributed by atoms with Gasteiger partial charge in [0.1, 0.15) is 0 Å². The van der Waals surface area contributed by atoms with Crippen molar-refractivity contribution >= 4 is 8.80 Å². The van der Waals surface area contributed by atoms with E-state index in [2.05, 4.69) is 33.9 Å². The zero-order chi connectivity index (χ0) is 8.91. The van der Waals surface area contributed by atoms with E-state index in [1.165, 1.54) is 12.8 Å². The van der Waals surface area contributed by atoms with E-state index in [1.807, 2.05) is 0 Å². The van der Waals surface area contributed by atoms with Crippen molar-refractivity contribution in [3.63, 3.8) is 0 Å². The van der Waals surface area contributed by atoms with Crippen LogP contribution in [-0.4, -0.2) is 20.6 Å². The standard InChI is InChI=1S/C9H22OSi/c1-6-7-8-10-9(2,3)11(4)5/h11H,6-8H2,1-5H3. The van der Waals surface area contributed by atoms with Crippen molar-refractivity contribution in [1.29, 1.82) is 0 Å². The average molecular weight is 174 g/mol. The van der Waals surface area contributed by atoms with Gasteiger partial charge in [-0.1, -0.05) is 26.4 Å². The van der Waals surface area contributed by atoms with Crippen molar-refractivity contribution in [2.24, 2.45) is 0 Å². The number of ether oxygens (including phenoxy) is 1. The molecule has 0 saturated carbocycles. The van der Waals surface area contributed by atoms with Gasteiger partial charge in [-0.05, 0) is 20.3 Å². The predicted octanol–water partition coefficient (Wildman–Crippen LogP) is 2.61. The maximum absolute atomic E-state index is 5.79. The van der Waals surface area contributed by atoms with E-state index in [0.717, 1.165) is 6.61 Å². The molecule has 0 aliphatic carbocycles. The minimum absolute atomic E-state index is 0.190. The summed E-state index contributed by atoms with van der Waals surface area (Å²) in [6.07, 6.45) is 2.43. The Labute approximate surface area is 72.7 Å². The molecule has 0 heterocycles. The summed E-state index contributed by atoms with van der Waals surface area (Å²) in [5.74, 6) is 0. The highest BCUT2D eigenvalue weighted by molar-refractivity contribution is 6.58. The first-order valence-electron chi connectivity index (χ1n) is 4.64. The molecule has 0 bridgehead atoms. The number of unbranched alkanes of at least 4 members (excludes halogenated alkanes) is 1. The first kappa shape index (κ1) is 11.2. The molecule has 11 heavy (non-hydrogen) atoms. The summed E-state index contributed by atoms with van der Waals surface area (Å²) in [5.41, 5.74) is 0. The first-order chi connectivity index (χ1) is 5.00. The van der Waals surface area contributed by atoms with Gasteiger partial charge in [-0.3, -0.25) is 0 Å². The fraction of sp³-hybridized carbons (Fsp3) is 1.00. The van der Waals surface area contributed by atoms with Crippen molar-refractivity contribution < 1.29 is 4.74 Å². The normalized spacial score (nSPS) is 12.5. The summed E-state index contributed by atoms with van der Waals surface area (Å²) in [7, 11) is -0.644. The SMILES string of the molecule is CCCCOC(C)(C)[SiH](C)C. The summed E-state index contributed by atoms with van der Waals surface area (Å²) in [6, 6.07) is 0. The maximum atomic E-state index is 5.79.